The summed E-state index contributed by atoms with van der Waals surface area (Å²) >= 11 is 0. The molecule has 0 radical (unpaired) electrons. The molecule has 9 heteroatoms. The van der Waals surface area contributed by atoms with Gasteiger partial charge < -0.3 is 15.7 Å². The summed E-state index contributed by atoms with van der Waals surface area (Å²) in [5.74, 6) is 0.122. The van der Waals surface area contributed by atoms with Crippen LogP contribution in [0.25, 0.3) is 16.8 Å². The van der Waals surface area contributed by atoms with Crippen molar-refractivity contribution in [3.05, 3.63) is 41.6 Å². The first-order valence-electron chi connectivity index (χ1n) is 9.06. The molecule has 4 rings (SSSR count). The van der Waals surface area contributed by atoms with E-state index in [-0.39, 0.29) is 11.6 Å². The smallest absolute Gasteiger partial charge is 0.416 e. The van der Waals surface area contributed by atoms with E-state index in [1.165, 1.54) is 6.07 Å². The number of nitrogens with zero attached hydrogens (tertiary/aromatic N) is 3. The third kappa shape index (κ3) is 3.49. The number of rotatable bonds is 3. The van der Waals surface area contributed by atoms with Gasteiger partial charge in [0.05, 0.1) is 5.56 Å². The zero-order chi connectivity index (χ0) is 19.9. The molecule has 1 saturated heterocycles. The van der Waals surface area contributed by atoms with Crippen LogP contribution >= 0.6 is 0 Å². The number of nitrogens with one attached hydrogen (secondary N) is 2. The first-order valence-corrected chi connectivity index (χ1v) is 9.06. The number of halogens is 3. The molecular weight excluding hydrogens is 371 g/mol. The van der Waals surface area contributed by atoms with Crippen molar-refractivity contribution in [1.29, 1.82) is 0 Å². The van der Waals surface area contributed by atoms with E-state index in [4.69, 9.17) is 0 Å². The van der Waals surface area contributed by atoms with Crippen LogP contribution in [0.15, 0.2) is 30.5 Å². The zero-order valence-corrected chi connectivity index (χ0v) is 15.2. The molecule has 0 unspecified atom stereocenters. The van der Waals surface area contributed by atoms with Crippen LogP contribution in [0.1, 0.15) is 24.0 Å². The Morgan fingerprint density at radius 1 is 1.21 bits per heavy atom. The molecular formula is C19H20F3N5O. The molecule has 0 saturated carbocycles. The van der Waals surface area contributed by atoms with E-state index >= 15 is 0 Å². The molecule has 1 aromatic carbocycles. The van der Waals surface area contributed by atoms with Gasteiger partial charge in [0.25, 0.3) is 0 Å². The van der Waals surface area contributed by atoms with Crippen molar-refractivity contribution in [1.82, 2.24) is 19.9 Å². The summed E-state index contributed by atoms with van der Waals surface area (Å²) < 4.78 is 40.5. The fraction of sp³-hybridized carbons (Fsp3) is 0.368. The molecule has 1 atom stereocenters. The molecule has 3 heterocycles. The van der Waals surface area contributed by atoms with Gasteiger partial charge in [-0.25, -0.2) is 0 Å². The number of anilines is 1. The number of benzene rings is 1. The van der Waals surface area contributed by atoms with Gasteiger partial charge in [-0.1, -0.05) is 0 Å². The maximum Gasteiger partial charge on any atom is 0.416 e. The number of phenols is 1. The lowest BCUT2D eigenvalue weighted by Crippen LogP contribution is -2.38. The predicted octanol–water partition coefficient (Wildman–Crippen LogP) is 3.59. The van der Waals surface area contributed by atoms with E-state index in [9.17, 15) is 18.3 Å². The lowest BCUT2D eigenvalue weighted by Gasteiger charge is -2.23. The number of aryl methyl sites for hydroxylation is 1. The summed E-state index contributed by atoms with van der Waals surface area (Å²) in [7, 11) is 0. The van der Waals surface area contributed by atoms with E-state index in [0.717, 1.165) is 43.6 Å². The van der Waals surface area contributed by atoms with Crippen molar-refractivity contribution in [3.8, 4) is 16.9 Å². The molecule has 0 spiro atoms. The van der Waals surface area contributed by atoms with Crippen LogP contribution in [0.4, 0.5) is 19.1 Å². The molecule has 3 N–H and O–H groups in total. The molecule has 0 bridgehead atoms. The highest BCUT2D eigenvalue weighted by molar-refractivity contribution is 5.82. The second-order valence-electron chi connectivity index (χ2n) is 7.07. The van der Waals surface area contributed by atoms with Gasteiger partial charge in [0, 0.05) is 29.9 Å². The van der Waals surface area contributed by atoms with Gasteiger partial charge in [0.15, 0.2) is 5.65 Å². The average molecular weight is 391 g/mol. The fourth-order valence-corrected chi connectivity index (χ4v) is 3.52. The largest absolute Gasteiger partial charge is 0.507 e. The summed E-state index contributed by atoms with van der Waals surface area (Å²) in [5, 5.41) is 25.4. The molecule has 3 aromatic rings. The van der Waals surface area contributed by atoms with Crippen molar-refractivity contribution in [2.75, 3.05) is 18.4 Å². The predicted molar refractivity (Wildman–Crippen MR) is 99.3 cm³/mol. The van der Waals surface area contributed by atoms with Gasteiger partial charge in [-0.2, -0.15) is 13.2 Å². The lowest BCUT2D eigenvalue weighted by atomic mass is 10.0. The summed E-state index contributed by atoms with van der Waals surface area (Å²) in [5.41, 5.74) is 1.23. The molecule has 6 nitrogen and oxygen atoms in total. The fourth-order valence-electron chi connectivity index (χ4n) is 3.52. The van der Waals surface area contributed by atoms with Crippen LogP contribution in [-0.4, -0.2) is 38.8 Å². The van der Waals surface area contributed by atoms with E-state index in [1.807, 2.05) is 13.1 Å². The van der Waals surface area contributed by atoms with Gasteiger partial charge in [0.2, 0.25) is 5.95 Å². The minimum Gasteiger partial charge on any atom is -0.507 e. The SMILES string of the molecule is Cc1cc(-c2ccc(C(F)(F)F)cc2O)c2nnc(N[C@@H]3CCCNC3)n2c1. The standard InChI is InChI=1S/C19H20F3N5O/c1-11-7-15(14-5-4-12(8-16(14)28)19(20,21)22)17-25-26-18(27(17)10-11)24-13-3-2-6-23-9-13/h4-5,7-8,10,13,23,28H,2-3,6,9H2,1H3,(H,24,26)/t13-/m1/s1. The molecule has 148 valence electrons. The van der Waals surface area contributed by atoms with Gasteiger partial charge in [-0.15, -0.1) is 10.2 Å². The number of pyridine rings is 1. The van der Waals surface area contributed by atoms with E-state index in [1.54, 1.807) is 10.5 Å². The average Bonchev–Trinajstić information content (AvgIpc) is 3.04. The first-order chi connectivity index (χ1) is 13.3. The second kappa shape index (κ2) is 6.97. The molecule has 1 aliphatic rings. The molecule has 28 heavy (non-hydrogen) atoms. The summed E-state index contributed by atoms with van der Waals surface area (Å²) in [4.78, 5) is 0. The van der Waals surface area contributed by atoms with E-state index < -0.39 is 17.5 Å². The first kappa shape index (κ1) is 18.5. The van der Waals surface area contributed by atoms with Crippen molar-refractivity contribution in [2.24, 2.45) is 0 Å². The number of alkyl halides is 3. The Morgan fingerprint density at radius 3 is 2.71 bits per heavy atom. The van der Waals surface area contributed by atoms with Crippen molar-refractivity contribution in [3.63, 3.8) is 0 Å². The number of aromatic nitrogens is 3. The van der Waals surface area contributed by atoms with Crippen LogP contribution in [0.5, 0.6) is 5.75 Å². The van der Waals surface area contributed by atoms with Crippen LogP contribution in [0.3, 0.4) is 0 Å². The Hall–Kier alpha value is -2.81. The van der Waals surface area contributed by atoms with Crippen molar-refractivity contribution < 1.29 is 18.3 Å². The Bertz CT molecular complexity index is 1010. The van der Waals surface area contributed by atoms with Crippen LogP contribution in [0.2, 0.25) is 0 Å². The monoisotopic (exact) mass is 391 g/mol. The van der Waals surface area contributed by atoms with Crippen LogP contribution < -0.4 is 10.6 Å². The molecule has 0 aliphatic carbocycles. The van der Waals surface area contributed by atoms with E-state index in [2.05, 4.69) is 20.8 Å². The van der Waals surface area contributed by atoms with E-state index in [0.29, 0.717) is 17.2 Å². The van der Waals surface area contributed by atoms with Gasteiger partial charge >= 0.3 is 6.18 Å². The third-order valence-corrected chi connectivity index (χ3v) is 4.89. The van der Waals surface area contributed by atoms with Crippen molar-refractivity contribution in [2.45, 2.75) is 32.0 Å². The second-order valence-corrected chi connectivity index (χ2v) is 7.07. The van der Waals surface area contributed by atoms with Crippen molar-refractivity contribution >= 4 is 11.6 Å². The number of piperidine rings is 1. The highest BCUT2D eigenvalue weighted by Crippen LogP contribution is 2.38. The highest BCUT2D eigenvalue weighted by Gasteiger charge is 2.31. The van der Waals surface area contributed by atoms with Crippen LogP contribution in [0, 0.1) is 6.92 Å². The Kier molecular flexibility index (Phi) is 4.62. The number of hydrogen-bond donors (Lipinski definition) is 3. The minimum atomic E-state index is -4.52. The highest BCUT2D eigenvalue weighted by atomic mass is 19.4. The number of hydrogen-bond acceptors (Lipinski definition) is 5. The third-order valence-electron chi connectivity index (χ3n) is 4.89. The van der Waals surface area contributed by atoms with Gasteiger partial charge in [-0.05, 0) is 56.1 Å². The minimum absolute atomic E-state index is 0.226. The number of fused-ring (bicyclic) bond motifs is 1. The van der Waals surface area contributed by atoms with Gasteiger partial charge in [-0.3, -0.25) is 4.40 Å². The number of aromatic hydroxyl groups is 1. The zero-order valence-electron chi connectivity index (χ0n) is 15.2. The summed E-state index contributed by atoms with van der Waals surface area (Å²) in [6.07, 6.45) is -0.575. The maximum atomic E-state index is 12.9. The quantitative estimate of drug-likeness (QED) is 0.636. The Morgan fingerprint density at radius 2 is 2.04 bits per heavy atom. The van der Waals surface area contributed by atoms with Crippen LogP contribution in [-0.2, 0) is 6.18 Å². The molecule has 1 aliphatic heterocycles. The molecule has 0 amide bonds. The van der Waals surface area contributed by atoms with Gasteiger partial charge in [0.1, 0.15) is 5.75 Å². The summed E-state index contributed by atoms with van der Waals surface area (Å²) in [6, 6.07) is 4.96. The molecule has 1 fully saturated rings. The lowest BCUT2D eigenvalue weighted by molar-refractivity contribution is -0.137. The summed E-state index contributed by atoms with van der Waals surface area (Å²) in [6.45, 7) is 3.69. The number of phenolic OH excluding ortho intramolecular Hbond substituents is 1. The normalized spacial score (nSPS) is 17.8. The maximum absolute atomic E-state index is 12.9. The molecule has 2 aromatic heterocycles. The topological polar surface area (TPSA) is 74.5 Å². The Balaban J connectivity index is 1.76. The Labute approximate surface area is 159 Å².